The van der Waals surface area contributed by atoms with Gasteiger partial charge in [0, 0.05) is 17.0 Å². The molecule has 3 aromatic rings. The number of hydrogen-bond donors (Lipinski definition) is 2. The number of H-pyrrole nitrogens is 2. The maximum Gasteiger partial charge on any atom is 0.314 e. The molecule has 0 unspecified atom stereocenters. The number of anilines is 1. The molecule has 0 aliphatic carbocycles. The van der Waals surface area contributed by atoms with Gasteiger partial charge in [0.05, 0.1) is 16.7 Å². The van der Waals surface area contributed by atoms with Gasteiger partial charge in [0.1, 0.15) is 6.61 Å². The monoisotopic (exact) mass is 403 g/mol. The first-order valence-corrected chi connectivity index (χ1v) is 8.18. The Bertz CT molecular complexity index is 1040. The van der Waals surface area contributed by atoms with Crippen LogP contribution in [-0.2, 0) is 16.2 Å². The molecule has 128 valence electrons. The zero-order chi connectivity index (χ0) is 18.0. The molecule has 0 spiro atoms. The Morgan fingerprint density at radius 2 is 1.80 bits per heavy atom. The zero-order valence-corrected chi connectivity index (χ0v) is 14.8. The second-order valence-corrected chi connectivity index (χ2v) is 6.23. The van der Waals surface area contributed by atoms with Gasteiger partial charge in [-0.3, -0.25) is 19.2 Å². The van der Waals surface area contributed by atoms with Gasteiger partial charge in [-0.2, -0.15) is 5.06 Å². The zero-order valence-electron chi connectivity index (χ0n) is 13.2. The molecule has 1 heterocycles. The van der Waals surface area contributed by atoms with E-state index >= 15 is 0 Å². The van der Waals surface area contributed by atoms with E-state index in [-0.39, 0.29) is 12.5 Å². The number of amides is 1. The normalized spacial score (nSPS) is 10.8. The van der Waals surface area contributed by atoms with E-state index in [0.29, 0.717) is 26.8 Å². The number of carbonyl (C=O) groups is 1. The summed E-state index contributed by atoms with van der Waals surface area (Å²) in [6.45, 7) is 1.41. The van der Waals surface area contributed by atoms with Gasteiger partial charge >= 0.3 is 11.1 Å². The molecule has 0 atom stereocenters. The number of benzene rings is 2. The summed E-state index contributed by atoms with van der Waals surface area (Å²) in [6.07, 6.45) is 0. The van der Waals surface area contributed by atoms with Crippen molar-refractivity contribution in [3.63, 3.8) is 0 Å². The van der Waals surface area contributed by atoms with Crippen LogP contribution in [0.1, 0.15) is 12.5 Å². The Morgan fingerprint density at radius 1 is 1.12 bits per heavy atom. The molecule has 0 fully saturated rings. The molecule has 7 nitrogen and oxygen atoms in total. The Kier molecular flexibility index (Phi) is 4.82. The smallest absolute Gasteiger partial charge is 0.314 e. The van der Waals surface area contributed by atoms with Crippen LogP contribution in [0.15, 0.2) is 56.5 Å². The fourth-order valence-electron chi connectivity index (χ4n) is 2.42. The second kappa shape index (κ2) is 7.04. The summed E-state index contributed by atoms with van der Waals surface area (Å²) >= 11 is 3.36. The molecule has 0 bridgehead atoms. The fourth-order valence-corrected chi connectivity index (χ4v) is 2.92. The number of hydrogen-bond acceptors (Lipinski definition) is 4. The lowest BCUT2D eigenvalue weighted by molar-refractivity contribution is -0.124. The van der Waals surface area contributed by atoms with E-state index in [9.17, 15) is 14.4 Å². The van der Waals surface area contributed by atoms with Gasteiger partial charge in [0.15, 0.2) is 0 Å². The molecule has 0 saturated heterocycles. The minimum Gasteiger partial charge on any atom is -0.316 e. The Balaban J connectivity index is 1.97. The third kappa shape index (κ3) is 3.70. The minimum atomic E-state index is -0.748. The van der Waals surface area contributed by atoms with Gasteiger partial charge < -0.3 is 9.97 Å². The SMILES string of the molecule is CC(=O)N(OCc1cc(Br)cc2[nH]c(=O)c(=O)[nH]c12)c1ccccc1. The number of rotatable bonds is 4. The summed E-state index contributed by atoms with van der Waals surface area (Å²) in [4.78, 5) is 45.7. The van der Waals surface area contributed by atoms with Crippen molar-refractivity contribution < 1.29 is 9.63 Å². The van der Waals surface area contributed by atoms with Crippen molar-refractivity contribution in [1.82, 2.24) is 9.97 Å². The average molecular weight is 404 g/mol. The molecule has 2 N–H and O–H groups in total. The van der Waals surface area contributed by atoms with Crippen molar-refractivity contribution in [2.24, 2.45) is 0 Å². The van der Waals surface area contributed by atoms with E-state index in [1.807, 2.05) is 6.07 Å². The van der Waals surface area contributed by atoms with Crippen molar-refractivity contribution in [2.75, 3.05) is 5.06 Å². The lowest BCUT2D eigenvalue weighted by Gasteiger charge is -2.20. The van der Waals surface area contributed by atoms with Crippen molar-refractivity contribution in [3.05, 3.63) is 73.2 Å². The number of aromatic nitrogens is 2. The predicted octanol–water partition coefficient (Wildman–Crippen LogP) is 2.46. The highest BCUT2D eigenvalue weighted by molar-refractivity contribution is 9.10. The maximum absolute atomic E-state index is 11.9. The largest absolute Gasteiger partial charge is 0.316 e. The molecule has 25 heavy (non-hydrogen) atoms. The molecule has 8 heteroatoms. The Hall–Kier alpha value is -2.71. The van der Waals surface area contributed by atoms with Crippen LogP contribution < -0.4 is 16.2 Å². The minimum absolute atomic E-state index is 0.0202. The first kappa shape index (κ1) is 17.1. The highest BCUT2D eigenvalue weighted by Gasteiger charge is 2.14. The molecule has 1 amide bonds. The molecular formula is C17H14BrN3O4. The van der Waals surface area contributed by atoms with Crippen LogP contribution in [0.3, 0.4) is 0 Å². The van der Waals surface area contributed by atoms with Crippen molar-refractivity contribution >= 4 is 38.6 Å². The van der Waals surface area contributed by atoms with E-state index in [2.05, 4.69) is 25.9 Å². The van der Waals surface area contributed by atoms with Crippen molar-refractivity contribution in [2.45, 2.75) is 13.5 Å². The van der Waals surface area contributed by atoms with Crippen LogP contribution in [0.2, 0.25) is 0 Å². The third-order valence-electron chi connectivity index (χ3n) is 3.50. The summed E-state index contributed by atoms with van der Waals surface area (Å²) in [5.74, 6) is -0.285. The topological polar surface area (TPSA) is 95.3 Å². The average Bonchev–Trinajstić information content (AvgIpc) is 2.57. The second-order valence-electron chi connectivity index (χ2n) is 5.32. The van der Waals surface area contributed by atoms with Crippen LogP contribution in [0.4, 0.5) is 5.69 Å². The number of halogens is 1. The van der Waals surface area contributed by atoms with Gasteiger partial charge in [-0.15, -0.1) is 0 Å². The molecule has 3 rings (SSSR count). The van der Waals surface area contributed by atoms with Crippen molar-refractivity contribution in [3.8, 4) is 0 Å². The fraction of sp³-hybridized carbons (Fsp3) is 0.118. The molecular weight excluding hydrogens is 390 g/mol. The summed E-state index contributed by atoms with van der Waals surface area (Å²) in [5, 5.41) is 1.18. The van der Waals surface area contributed by atoms with Gasteiger partial charge in [-0.05, 0) is 24.3 Å². The number of fused-ring (bicyclic) bond motifs is 1. The quantitative estimate of drug-likeness (QED) is 0.516. The third-order valence-corrected chi connectivity index (χ3v) is 3.96. The van der Waals surface area contributed by atoms with Gasteiger partial charge in [-0.1, -0.05) is 34.1 Å². The summed E-state index contributed by atoms with van der Waals surface area (Å²) in [5.41, 5.74) is 0.641. The Morgan fingerprint density at radius 3 is 2.48 bits per heavy atom. The first-order valence-electron chi connectivity index (χ1n) is 7.39. The number of carbonyl (C=O) groups excluding carboxylic acids is 1. The van der Waals surface area contributed by atoms with Gasteiger partial charge in [0.2, 0.25) is 5.91 Å². The van der Waals surface area contributed by atoms with E-state index < -0.39 is 11.1 Å². The van der Waals surface area contributed by atoms with Crippen LogP contribution in [0.5, 0.6) is 0 Å². The number of para-hydroxylation sites is 1. The molecule has 0 saturated carbocycles. The van der Waals surface area contributed by atoms with Gasteiger partial charge in [0.25, 0.3) is 0 Å². The highest BCUT2D eigenvalue weighted by Crippen LogP contribution is 2.22. The molecule has 0 aliphatic heterocycles. The molecule has 0 radical (unpaired) electrons. The van der Waals surface area contributed by atoms with E-state index in [1.54, 1.807) is 36.4 Å². The number of aromatic amines is 2. The van der Waals surface area contributed by atoms with E-state index in [0.717, 1.165) is 0 Å². The molecule has 0 aliphatic rings. The van der Waals surface area contributed by atoms with Gasteiger partial charge in [-0.25, -0.2) is 0 Å². The number of nitrogens with one attached hydrogen (secondary N) is 2. The number of hydroxylamine groups is 1. The lowest BCUT2D eigenvalue weighted by Crippen LogP contribution is -2.30. The predicted molar refractivity (Wildman–Crippen MR) is 97.3 cm³/mol. The number of nitrogens with zero attached hydrogens (tertiary/aromatic N) is 1. The van der Waals surface area contributed by atoms with Crippen molar-refractivity contribution in [1.29, 1.82) is 0 Å². The van der Waals surface area contributed by atoms with E-state index in [1.165, 1.54) is 12.0 Å². The summed E-state index contributed by atoms with van der Waals surface area (Å²) < 4.78 is 0.704. The lowest BCUT2D eigenvalue weighted by atomic mass is 10.2. The molecule has 2 aromatic carbocycles. The Labute approximate surface area is 150 Å². The molecule has 1 aromatic heterocycles. The van der Waals surface area contributed by atoms with Crippen LogP contribution in [0, 0.1) is 0 Å². The van der Waals surface area contributed by atoms with Crippen LogP contribution in [-0.4, -0.2) is 15.9 Å². The van der Waals surface area contributed by atoms with E-state index in [4.69, 9.17) is 4.84 Å². The first-order chi connectivity index (χ1) is 12.0. The van der Waals surface area contributed by atoms with Crippen LogP contribution in [0.25, 0.3) is 11.0 Å². The summed E-state index contributed by atoms with van der Waals surface area (Å²) in [6, 6.07) is 12.4. The van der Waals surface area contributed by atoms with Crippen LogP contribution >= 0.6 is 15.9 Å². The standard InChI is InChI=1S/C17H14BrN3O4/c1-10(22)21(13-5-3-2-4-6-13)25-9-11-7-12(18)8-14-15(11)20-17(24)16(23)19-14/h2-8H,9H2,1H3,(H,19,23)(H,20,24). The summed E-state index contributed by atoms with van der Waals surface area (Å²) in [7, 11) is 0. The maximum atomic E-state index is 11.9. The highest BCUT2D eigenvalue weighted by atomic mass is 79.9.